The average Bonchev–Trinajstić information content (AvgIpc) is 2.54. The zero-order chi connectivity index (χ0) is 16.0. The molecular weight excluding hydrogens is 302 g/mol. The van der Waals surface area contributed by atoms with Gasteiger partial charge in [0.05, 0.1) is 10.9 Å². The topological polar surface area (TPSA) is 88.2 Å². The molecule has 0 spiro atoms. The number of hydrogen-bond donors (Lipinski definition) is 2. The van der Waals surface area contributed by atoms with Gasteiger partial charge in [-0.1, -0.05) is 18.2 Å². The van der Waals surface area contributed by atoms with E-state index >= 15 is 0 Å². The minimum atomic E-state index is -3.71. The lowest BCUT2D eigenvalue weighted by Gasteiger charge is -2.14. The van der Waals surface area contributed by atoms with Crippen LogP contribution in [0.2, 0.25) is 0 Å². The molecule has 1 aromatic heterocycles. The Morgan fingerprint density at radius 2 is 1.77 bits per heavy atom. The van der Waals surface area contributed by atoms with Crippen LogP contribution in [0.3, 0.4) is 0 Å². The Labute approximate surface area is 129 Å². The molecule has 0 aliphatic rings. The maximum atomic E-state index is 12.1. The molecule has 2 rings (SSSR count). The van der Waals surface area contributed by atoms with Crippen LogP contribution in [-0.4, -0.2) is 25.4 Å². The van der Waals surface area contributed by atoms with Crippen molar-refractivity contribution in [2.45, 2.75) is 24.4 Å². The molecule has 22 heavy (non-hydrogen) atoms. The Kier molecular flexibility index (Phi) is 5.24. The number of carbonyl (C=O) groups is 1. The molecule has 0 saturated heterocycles. The minimum Gasteiger partial charge on any atom is -0.351 e. The van der Waals surface area contributed by atoms with Crippen molar-refractivity contribution in [3.63, 3.8) is 0 Å². The second-order valence-electron chi connectivity index (χ2n) is 4.73. The molecule has 7 heteroatoms. The van der Waals surface area contributed by atoms with Crippen LogP contribution in [0.15, 0.2) is 59.8 Å². The second-order valence-corrected chi connectivity index (χ2v) is 6.44. The summed E-state index contributed by atoms with van der Waals surface area (Å²) in [5.41, 5.74) is 0.890. The number of pyridine rings is 1. The fourth-order valence-electron chi connectivity index (χ4n) is 1.80. The monoisotopic (exact) mass is 319 g/mol. The first-order chi connectivity index (χ1) is 10.5. The summed E-state index contributed by atoms with van der Waals surface area (Å²) in [7, 11) is -3.71. The van der Waals surface area contributed by atoms with Crippen LogP contribution in [0.25, 0.3) is 0 Å². The minimum absolute atomic E-state index is 0.129. The summed E-state index contributed by atoms with van der Waals surface area (Å²) in [5.74, 6) is -0.392. The van der Waals surface area contributed by atoms with Gasteiger partial charge in [0.1, 0.15) is 0 Å². The Morgan fingerprint density at radius 1 is 1.14 bits per heavy atom. The van der Waals surface area contributed by atoms with Crippen LogP contribution in [0, 0.1) is 0 Å². The largest absolute Gasteiger partial charge is 0.351 e. The van der Waals surface area contributed by atoms with E-state index in [0.29, 0.717) is 6.54 Å². The third-order valence-corrected chi connectivity index (χ3v) is 4.55. The fourth-order valence-corrected chi connectivity index (χ4v) is 3.02. The number of benzene rings is 1. The van der Waals surface area contributed by atoms with Crippen LogP contribution in [-0.2, 0) is 21.4 Å². The number of amides is 1. The van der Waals surface area contributed by atoms with Crippen molar-refractivity contribution in [2.75, 3.05) is 0 Å². The zero-order valence-corrected chi connectivity index (χ0v) is 12.9. The standard InChI is InChI=1S/C15H17N3O3S/c1-12(15(19)17-11-13-7-9-16-10-8-13)18-22(20,21)14-5-3-2-4-6-14/h2-10,12,18H,11H2,1H3,(H,17,19). The Bertz CT molecular complexity index is 718. The van der Waals surface area contributed by atoms with Gasteiger partial charge in [0.2, 0.25) is 15.9 Å². The highest BCUT2D eigenvalue weighted by atomic mass is 32.2. The molecule has 116 valence electrons. The molecule has 2 N–H and O–H groups in total. The van der Waals surface area contributed by atoms with E-state index in [9.17, 15) is 13.2 Å². The Morgan fingerprint density at radius 3 is 2.41 bits per heavy atom. The maximum Gasteiger partial charge on any atom is 0.241 e. The van der Waals surface area contributed by atoms with Gasteiger partial charge >= 0.3 is 0 Å². The molecule has 1 heterocycles. The third kappa shape index (κ3) is 4.37. The summed E-state index contributed by atoms with van der Waals surface area (Å²) >= 11 is 0. The van der Waals surface area contributed by atoms with Crippen LogP contribution in [0.4, 0.5) is 0 Å². The molecule has 2 aromatic rings. The van der Waals surface area contributed by atoms with Crippen LogP contribution >= 0.6 is 0 Å². The van der Waals surface area contributed by atoms with Gasteiger partial charge in [0.15, 0.2) is 0 Å². The van der Waals surface area contributed by atoms with Gasteiger partial charge < -0.3 is 5.32 Å². The summed E-state index contributed by atoms with van der Waals surface area (Å²) < 4.78 is 26.6. The normalized spacial score (nSPS) is 12.6. The molecule has 0 fully saturated rings. The smallest absolute Gasteiger partial charge is 0.241 e. The van der Waals surface area contributed by atoms with Gasteiger partial charge in [0, 0.05) is 18.9 Å². The quantitative estimate of drug-likeness (QED) is 0.833. The van der Waals surface area contributed by atoms with E-state index in [-0.39, 0.29) is 4.90 Å². The fraction of sp³-hybridized carbons (Fsp3) is 0.200. The summed E-state index contributed by atoms with van der Waals surface area (Å²) in [4.78, 5) is 16.0. The van der Waals surface area contributed by atoms with Crippen LogP contribution in [0.1, 0.15) is 12.5 Å². The van der Waals surface area contributed by atoms with Gasteiger partial charge in [-0.05, 0) is 36.8 Å². The van der Waals surface area contributed by atoms with Crippen molar-refractivity contribution in [3.05, 3.63) is 60.4 Å². The van der Waals surface area contributed by atoms with Gasteiger partial charge in [-0.2, -0.15) is 4.72 Å². The second kappa shape index (κ2) is 7.15. The molecule has 0 saturated carbocycles. The number of aromatic nitrogens is 1. The molecule has 1 unspecified atom stereocenters. The lowest BCUT2D eigenvalue weighted by molar-refractivity contribution is -0.122. The molecule has 1 amide bonds. The number of nitrogens with zero attached hydrogens (tertiary/aromatic N) is 1. The number of hydrogen-bond acceptors (Lipinski definition) is 4. The first-order valence-corrected chi connectivity index (χ1v) is 8.21. The molecule has 0 bridgehead atoms. The van der Waals surface area contributed by atoms with E-state index in [1.807, 2.05) is 0 Å². The SMILES string of the molecule is CC(NS(=O)(=O)c1ccccc1)C(=O)NCc1ccncc1. The highest BCUT2D eigenvalue weighted by Gasteiger charge is 2.21. The van der Waals surface area contributed by atoms with Crippen LogP contribution < -0.4 is 10.0 Å². The van der Waals surface area contributed by atoms with Crippen molar-refractivity contribution in [2.24, 2.45) is 0 Å². The third-order valence-electron chi connectivity index (χ3n) is 2.99. The van der Waals surface area contributed by atoms with E-state index < -0.39 is 22.0 Å². The van der Waals surface area contributed by atoms with Crippen molar-refractivity contribution in [1.29, 1.82) is 0 Å². The van der Waals surface area contributed by atoms with Gasteiger partial charge in [-0.3, -0.25) is 9.78 Å². The van der Waals surface area contributed by atoms with Crippen LogP contribution in [0.5, 0.6) is 0 Å². The van der Waals surface area contributed by atoms with Gasteiger partial charge in [0.25, 0.3) is 0 Å². The molecule has 0 aliphatic carbocycles. The number of rotatable bonds is 6. The van der Waals surface area contributed by atoms with E-state index in [1.165, 1.54) is 19.1 Å². The van der Waals surface area contributed by atoms with Crippen molar-refractivity contribution < 1.29 is 13.2 Å². The predicted octanol–water partition coefficient (Wildman–Crippen LogP) is 1.06. The van der Waals surface area contributed by atoms with Gasteiger partial charge in [-0.25, -0.2) is 8.42 Å². The Hall–Kier alpha value is -2.25. The van der Waals surface area contributed by atoms with Gasteiger partial charge in [-0.15, -0.1) is 0 Å². The summed E-state index contributed by atoms with van der Waals surface area (Å²) in [6, 6.07) is 10.6. The molecule has 0 radical (unpaired) electrons. The number of carbonyl (C=O) groups excluding carboxylic acids is 1. The highest BCUT2D eigenvalue weighted by molar-refractivity contribution is 7.89. The summed E-state index contributed by atoms with van der Waals surface area (Å²) in [5, 5.41) is 2.68. The molecule has 0 aliphatic heterocycles. The predicted molar refractivity (Wildman–Crippen MR) is 82.3 cm³/mol. The Balaban J connectivity index is 1.94. The molecule has 6 nitrogen and oxygen atoms in total. The number of nitrogens with one attached hydrogen (secondary N) is 2. The summed E-state index contributed by atoms with van der Waals surface area (Å²) in [6.07, 6.45) is 3.26. The van der Waals surface area contributed by atoms with E-state index in [2.05, 4.69) is 15.0 Å². The molecule has 1 atom stereocenters. The first kappa shape index (κ1) is 16.1. The molecule has 1 aromatic carbocycles. The van der Waals surface area contributed by atoms with E-state index in [1.54, 1.807) is 42.7 Å². The van der Waals surface area contributed by atoms with Crippen molar-refractivity contribution >= 4 is 15.9 Å². The highest BCUT2D eigenvalue weighted by Crippen LogP contribution is 2.08. The van der Waals surface area contributed by atoms with E-state index in [4.69, 9.17) is 0 Å². The lowest BCUT2D eigenvalue weighted by Crippen LogP contribution is -2.44. The van der Waals surface area contributed by atoms with Crippen molar-refractivity contribution in [3.8, 4) is 0 Å². The maximum absolute atomic E-state index is 12.1. The zero-order valence-electron chi connectivity index (χ0n) is 12.1. The first-order valence-electron chi connectivity index (χ1n) is 6.73. The summed E-state index contributed by atoms with van der Waals surface area (Å²) in [6.45, 7) is 1.82. The van der Waals surface area contributed by atoms with E-state index in [0.717, 1.165) is 5.56 Å². The lowest BCUT2D eigenvalue weighted by atomic mass is 10.2. The number of sulfonamides is 1. The van der Waals surface area contributed by atoms with Crippen molar-refractivity contribution in [1.82, 2.24) is 15.0 Å². The average molecular weight is 319 g/mol. The molecular formula is C15H17N3O3S.